The van der Waals surface area contributed by atoms with Crippen LogP contribution >= 0.6 is 0 Å². The number of benzene rings is 1. The fourth-order valence-electron chi connectivity index (χ4n) is 4.04. The van der Waals surface area contributed by atoms with Gasteiger partial charge < -0.3 is 19.5 Å². The summed E-state index contributed by atoms with van der Waals surface area (Å²) < 4.78 is 43.3. The molecule has 0 aromatic heterocycles. The molecule has 1 heterocycles. The highest BCUT2D eigenvalue weighted by atomic mass is 32.2. The number of sulfonamides is 1. The monoisotopic (exact) mass is 468 g/mol. The van der Waals surface area contributed by atoms with Gasteiger partial charge in [0, 0.05) is 19.1 Å². The molecule has 0 bridgehead atoms. The van der Waals surface area contributed by atoms with Gasteiger partial charge in [-0.3, -0.25) is 4.79 Å². The summed E-state index contributed by atoms with van der Waals surface area (Å²) in [6.45, 7) is 4.66. The molecule has 10 heteroatoms. The first kappa shape index (κ1) is 24.5. The molecule has 1 aromatic rings. The number of ether oxygens (including phenoxy) is 3. The Labute approximate surface area is 189 Å². The van der Waals surface area contributed by atoms with Crippen molar-refractivity contribution in [2.75, 3.05) is 33.4 Å². The number of methoxy groups -OCH3 is 1. The number of nitrogens with one attached hydrogen (secondary N) is 1. The van der Waals surface area contributed by atoms with Crippen molar-refractivity contribution < 1.29 is 32.2 Å². The van der Waals surface area contributed by atoms with Crippen molar-refractivity contribution in [2.24, 2.45) is 5.92 Å². The minimum absolute atomic E-state index is 0.0309. The number of morpholine rings is 1. The van der Waals surface area contributed by atoms with Crippen molar-refractivity contribution in [1.29, 1.82) is 0 Å². The van der Waals surface area contributed by atoms with E-state index in [0.29, 0.717) is 19.1 Å². The summed E-state index contributed by atoms with van der Waals surface area (Å²) in [7, 11) is -2.52. The topological polar surface area (TPSA) is 111 Å². The average Bonchev–Trinajstić information content (AvgIpc) is 2.80. The lowest BCUT2D eigenvalue weighted by molar-refractivity contribution is -0.130. The molecular formula is C22H32N2O7S. The summed E-state index contributed by atoms with van der Waals surface area (Å²) in [6, 6.07) is 4.15. The minimum Gasteiger partial charge on any atom is -0.495 e. The van der Waals surface area contributed by atoms with Crippen molar-refractivity contribution in [3.8, 4) is 5.75 Å². The molecule has 2 fully saturated rings. The molecule has 1 N–H and O–H groups in total. The fourth-order valence-corrected chi connectivity index (χ4v) is 5.63. The van der Waals surface area contributed by atoms with E-state index < -0.39 is 22.1 Å². The first-order chi connectivity index (χ1) is 15.2. The summed E-state index contributed by atoms with van der Waals surface area (Å²) in [5.74, 6) is -0.618. The van der Waals surface area contributed by atoms with Gasteiger partial charge in [-0.25, -0.2) is 13.2 Å². The van der Waals surface area contributed by atoms with Gasteiger partial charge in [0.1, 0.15) is 10.6 Å². The Morgan fingerprint density at radius 3 is 2.53 bits per heavy atom. The summed E-state index contributed by atoms with van der Waals surface area (Å²) in [5, 5.41) is 2.97. The predicted octanol–water partition coefficient (Wildman–Crippen LogP) is 1.96. The van der Waals surface area contributed by atoms with Gasteiger partial charge in [0.05, 0.1) is 25.9 Å². The largest absolute Gasteiger partial charge is 0.495 e. The van der Waals surface area contributed by atoms with E-state index >= 15 is 0 Å². The molecule has 3 rings (SSSR count). The first-order valence-corrected chi connectivity index (χ1v) is 12.5. The van der Waals surface area contributed by atoms with Crippen LogP contribution in [-0.4, -0.2) is 70.2 Å². The number of amides is 1. The van der Waals surface area contributed by atoms with Gasteiger partial charge in [-0.1, -0.05) is 19.8 Å². The van der Waals surface area contributed by atoms with Crippen LogP contribution in [0.5, 0.6) is 5.75 Å². The molecule has 1 aliphatic carbocycles. The lowest BCUT2D eigenvalue weighted by atomic mass is 9.86. The second kappa shape index (κ2) is 10.6. The molecule has 1 aromatic carbocycles. The Bertz CT molecular complexity index is 928. The molecule has 32 heavy (non-hydrogen) atoms. The molecule has 2 aliphatic rings. The van der Waals surface area contributed by atoms with Crippen molar-refractivity contribution in [2.45, 2.75) is 56.6 Å². The highest BCUT2D eigenvalue weighted by Crippen LogP contribution is 2.29. The van der Waals surface area contributed by atoms with Crippen LogP contribution in [0.1, 0.15) is 49.9 Å². The maximum Gasteiger partial charge on any atom is 0.338 e. The lowest BCUT2D eigenvalue weighted by Gasteiger charge is -2.30. The lowest BCUT2D eigenvalue weighted by Crippen LogP contribution is -2.46. The normalized spacial score (nSPS) is 23.2. The van der Waals surface area contributed by atoms with E-state index in [9.17, 15) is 18.0 Å². The average molecular weight is 469 g/mol. The molecule has 1 amide bonds. The zero-order valence-corrected chi connectivity index (χ0v) is 19.7. The van der Waals surface area contributed by atoms with E-state index in [1.807, 2.05) is 0 Å². The smallest absolute Gasteiger partial charge is 0.338 e. The second-order valence-corrected chi connectivity index (χ2v) is 10.2. The quantitative estimate of drug-likeness (QED) is 0.609. The van der Waals surface area contributed by atoms with E-state index in [-0.39, 0.29) is 41.2 Å². The standard InChI is InChI=1S/C22H32N2O7S/c1-15-6-4-5-7-18(15)23-21(25)16(2)31-22(26)17-8-9-19(29-3)20(14-17)32(27,28)24-10-12-30-13-11-24/h8-9,14-16,18H,4-7,10-13H2,1-3H3,(H,23,25)/t15-,16-,18+/m0/s1. The summed E-state index contributed by atoms with van der Waals surface area (Å²) in [6.07, 6.45) is 3.19. The number of rotatable bonds is 7. The first-order valence-electron chi connectivity index (χ1n) is 11.0. The molecule has 0 spiro atoms. The van der Waals surface area contributed by atoms with Crippen molar-refractivity contribution >= 4 is 21.9 Å². The maximum atomic E-state index is 13.1. The van der Waals surface area contributed by atoms with Crippen LogP contribution in [0.4, 0.5) is 0 Å². The molecule has 1 saturated heterocycles. The molecular weight excluding hydrogens is 436 g/mol. The SMILES string of the molecule is COc1ccc(C(=O)O[C@@H](C)C(=O)N[C@@H]2CCCC[C@@H]2C)cc1S(=O)(=O)N1CCOCC1. The third-order valence-electron chi connectivity index (χ3n) is 6.08. The Kier molecular flexibility index (Phi) is 8.13. The van der Waals surface area contributed by atoms with Crippen LogP contribution in [-0.2, 0) is 24.3 Å². The Morgan fingerprint density at radius 2 is 1.88 bits per heavy atom. The number of carbonyl (C=O) groups excluding carboxylic acids is 2. The molecule has 0 radical (unpaired) electrons. The van der Waals surface area contributed by atoms with Crippen molar-refractivity contribution in [3.63, 3.8) is 0 Å². The maximum absolute atomic E-state index is 13.1. The third kappa shape index (κ3) is 5.60. The molecule has 1 saturated carbocycles. The minimum atomic E-state index is -3.89. The van der Waals surface area contributed by atoms with Crippen LogP contribution in [0.25, 0.3) is 0 Å². The molecule has 0 unspecified atom stereocenters. The number of carbonyl (C=O) groups is 2. The number of esters is 1. The van der Waals surface area contributed by atoms with Crippen LogP contribution in [0, 0.1) is 5.92 Å². The number of hydrogen-bond acceptors (Lipinski definition) is 7. The van der Waals surface area contributed by atoms with E-state index in [1.54, 1.807) is 0 Å². The van der Waals surface area contributed by atoms with Gasteiger partial charge in [-0.15, -0.1) is 0 Å². The molecule has 9 nitrogen and oxygen atoms in total. The fraction of sp³-hybridized carbons (Fsp3) is 0.636. The third-order valence-corrected chi connectivity index (χ3v) is 8.00. The van der Waals surface area contributed by atoms with Gasteiger partial charge >= 0.3 is 5.97 Å². The Hall–Kier alpha value is -2.17. The summed E-state index contributed by atoms with van der Waals surface area (Å²) in [4.78, 5) is 25.1. The van der Waals surface area contributed by atoms with E-state index in [1.165, 1.54) is 36.5 Å². The van der Waals surface area contributed by atoms with Gasteiger partial charge in [-0.05, 0) is 43.9 Å². The molecule has 3 atom stereocenters. The highest BCUT2D eigenvalue weighted by Gasteiger charge is 2.31. The molecule has 1 aliphatic heterocycles. The van der Waals surface area contributed by atoms with Crippen LogP contribution < -0.4 is 10.1 Å². The number of nitrogens with zero attached hydrogens (tertiary/aromatic N) is 1. The van der Waals surface area contributed by atoms with Crippen LogP contribution in [0.3, 0.4) is 0 Å². The summed E-state index contributed by atoms with van der Waals surface area (Å²) in [5.41, 5.74) is 0.0309. The summed E-state index contributed by atoms with van der Waals surface area (Å²) >= 11 is 0. The zero-order chi connectivity index (χ0) is 23.3. The van der Waals surface area contributed by atoms with Crippen LogP contribution in [0.15, 0.2) is 23.1 Å². The van der Waals surface area contributed by atoms with Crippen molar-refractivity contribution in [3.05, 3.63) is 23.8 Å². The second-order valence-electron chi connectivity index (χ2n) is 8.31. The zero-order valence-electron chi connectivity index (χ0n) is 18.8. The van der Waals surface area contributed by atoms with Crippen molar-refractivity contribution in [1.82, 2.24) is 9.62 Å². The van der Waals surface area contributed by atoms with E-state index in [4.69, 9.17) is 14.2 Å². The van der Waals surface area contributed by atoms with Gasteiger partial charge in [0.15, 0.2) is 6.10 Å². The van der Waals surface area contributed by atoms with E-state index in [0.717, 1.165) is 25.7 Å². The van der Waals surface area contributed by atoms with Gasteiger partial charge in [-0.2, -0.15) is 4.31 Å². The van der Waals surface area contributed by atoms with Gasteiger partial charge in [0.25, 0.3) is 5.91 Å². The Morgan fingerprint density at radius 1 is 1.19 bits per heavy atom. The van der Waals surface area contributed by atoms with Crippen LogP contribution in [0.2, 0.25) is 0 Å². The molecule has 178 valence electrons. The highest BCUT2D eigenvalue weighted by molar-refractivity contribution is 7.89. The van der Waals surface area contributed by atoms with E-state index in [2.05, 4.69) is 12.2 Å². The Balaban J connectivity index is 1.72. The predicted molar refractivity (Wildman–Crippen MR) is 117 cm³/mol. The number of hydrogen-bond donors (Lipinski definition) is 1. The van der Waals surface area contributed by atoms with Gasteiger partial charge in [0.2, 0.25) is 10.0 Å².